The van der Waals surface area contributed by atoms with E-state index < -0.39 is 11.6 Å². The summed E-state index contributed by atoms with van der Waals surface area (Å²) in [6.45, 7) is 5.34. The maximum absolute atomic E-state index is 13.9. The minimum Gasteiger partial charge on any atom is -0.357 e. The third kappa shape index (κ3) is 3.07. The molecule has 0 spiro atoms. The average molecular weight is 293 g/mol. The van der Waals surface area contributed by atoms with E-state index in [9.17, 15) is 8.78 Å². The maximum Gasteiger partial charge on any atom is 0.230 e. The van der Waals surface area contributed by atoms with Gasteiger partial charge in [-0.25, -0.2) is 8.78 Å². The molecule has 2 rings (SSSR count). The van der Waals surface area contributed by atoms with Gasteiger partial charge in [0.15, 0.2) is 17.5 Å². The molecule has 7 heteroatoms. The Kier molecular flexibility index (Phi) is 4.62. The van der Waals surface area contributed by atoms with E-state index >= 15 is 0 Å². The fraction of sp³-hybridized carbons (Fsp3) is 0.357. The van der Waals surface area contributed by atoms with E-state index in [2.05, 4.69) is 20.3 Å². The standard InChI is InChI=1S/C14H17F2N5/c1-4-21(5-2)14-19-12(18-13(17-3)20-14)9-7-6-8-10(15)11(9)16/h6-8H,4-5H2,1-3H3,(H,17,18,19,20). The zero-order chi connectivity index (χ0) is 15.4. The molecule has 0 saturated carbocycles. The van der Waals surface area contributed by atoms with Crippen LogP contribution in [0.2, 0.25) is 0 Å². The van der Waals surface area contributed by atoms with E-state index in [4.69, 9.17) is 0 Å². The van der Waals surface area contributed by atoms with Gasteiger partial charge < -0.3 is 10.2 Å². The number of rotatable bonds is 5. The third-order valence-electron chi connectivity index (χ3n) is 3.09. The van der Waals surface area contributed by atoms with Crippen molar-refractivity contribution >= 4 is 11.9 Å². The van der Waals surface area contributed by atoms with Gasteiger partial charge in [0.25, 0.3) is 0 Å². The van der Waals surface area contributed by atoms with Crippen molar-refractivity contribution in [3.63, 3.8) is 0 Å². The smallest absolute Gasteiger partial charge is 0.230 e. The molecule has 0 fully saturated rings. The Morgan fingerprint density at radius 3 is 2.43 bits per heavy atom. The summed E-state index contributed by atoms with van der Waals surface area (Å²) >= 11 is 0. The summed E-state index contributed by atoms with van der Waals surface area (Å²) in [6, 6.07) is 3.93. The lowest BCUT2D eigenvalue weighted by atomic mass is 10.2. The first-order chi connectivity index (χ1) is 10.1. The van der Waals surface area contributed by atoms with Crippen LogP contribution in [0, 0.1) is 11.6 Å². The molecule has 0 aliphatic carbocycles. The minimum absolute atomic E-state index is 0.0160. The van der Waals surface area contributed by atoms with Gasteiger partial charge in [-0.3, -0.25) is 0 Å². The van der Waals surface area contributed by atoms with Gasteiger partial charge in [-0.1, -0.05) is 6.07 Å². The highest BCUT2D eigenvalue weighted by Gasteiger charge is 2.16. The van der Waals surface area contributed by atoms with Crippen LogP contribution >= 0.6 is 0 Å². The highest BCUT2D eigenvalue weighted by Crippen LogP contribution is 2.23. The van der Waals surface area contributed by atoms with Gasteiger partial charge in [-0.15, -0.1) is 0 Å². The van der Waals surface area contributed by atoms with Gasteiger partial charge in [-0.2, -0.15) is 15.0 Å². The van der Waals surface area contributed by atoms with E-state index in [0.717, 1.165) is 6.07 Å². The Bertz CT molecular complexity index is 629. The van der Waals surface area contributed by atoms with Gasteiger partial charge in [0.2, 0.25) is 11.9 Å². The van der Waals surface area contributed by atoms with Crippen molar-refractivity contribution < 1.29 is 8.78 Å². The summed E-state index contributed by atoms with van der Waals surface area (Å²) in [5.41, 5.74) is 0.0160. The molecule has 1 aromatic carbocycles. The van der Waals surface area contributed by atoms with E-state index in [-0.39, 0.29) is 11.4 Å². The van der Waals surface area contributed by atoms with Gasteiger partial charge in [-0.05, 0) is 26.0 Å². The summed E-state index contributed by atoms with van der Waals surface area (Å²) in [7, 11) is 1.66. The van der Waals surface area contributed by atoms with Crippen molar-refractivity contribution in [3.05, 3.63) is 29.8 Å². The topological polar surface area (TPSA) is 53.9 Å². The van der Waals surface area contributed by atoms with E-state index in [0.29, 0.717) is 25.0 Å². The van der Waals surface area contributed by atoms with Crippen LogP contribution in [0.5, 0.6) is 0 Å². The summed E-state index contributed by atoms with van der Waals surface area (Å²) in [5.74, 6) is -1.05. The first-order valence-electron chi connectivity index (χ1n) is 6.73. The molecule has 0 radical (unpaired) electrons. The average Bonchev–Trinajstić information content (AvgIpc) is 2.51. The number of hydrogen-bond acceptors (Lipinski definition) is 5. The molecule has 2 aromatic rings. The highest BCUT2D eigenvalue weighted by molar-refractivity contribution is 5.59. The van der Waals surface area contributed by atoms with Crippen LogP contribution in [0.25, 0.3) is 11.4 Å². The molecule has 0 aliphatic heterocycles. The monoisotopic (exact) mass is 293 g/mol. The van der Waals surface area contributed by atoms with Crippen molar-refractivity contribution in [2.24, 2.45) is 0 Å². The normalized spacial score (nSPS) is 10.5. The van der Waals surface area contributed by atoms with Crippen molar-refractivity contribution in [2.45, 2.75) is 13.8 Å². The molecule has 0 aliphatic rings. The second-order valence-electron chi connectivity index (χ2n) is 4.31. The molecule has 0 amide bonds. The maximum atomic E-state index is 13.9. The van der Waals surface area contributed by atoms with Gasteiger partial charge in [0.1, 0.15) is 0 Å². The molecule has 1 aromatic heterocycles. The second-order valence-corrected chi connectivity index (χ2v) is 4.31. The highest BCUT2D eigenvalue weighted by atomic mass is 19.2. The molecule has 0 bridgehead atoms. The SMILES string of the molecule is CCN(CC)c1nc(NC)nc(-c2cccc(F)c2F)n1. The van der Waals surface area contributed by atoms with Crippen LogP contribution in [-0.4, -0.2) is 35.1 Å². The predicted molar refractivity (Wildman–Crippen MR) is 78.3 cm³/mol. The lowest BCUT2D eigenvalue weighted by Gasteiger charge is -2.19. The molecule has 21 heavy (non-hydrogen) atoms. The first kappa shape index (κ1) is 15.1. The summed E-state index contributed by atoms with van der Waals surface area (Å²) in [4.78, 5) is 14.5. The lowest BCUT2D eigenvalue weighted by Crippen LogP contribution is -2.25. The molecule has 0 unspecified atom stereocenters. The van der Waals surface area contributed by atoms with Crippen LogP contribution in [0.3, 0.4) is 0 Å². The van der Waals surface area contributed by atoms with Crippen LogP contribution in [0.4, 0.5) is 20.7 Å². The Morgan fingerprint density at radius 1 is 1.10 bits per heavy atom. The van der Waals surface area contributed by atoms with Crippen molar-refractivity contribution in [3.8, 4) is 11.4 Å². The molecular formula is C14H17F2N5. The first-order valence-corrected chi connectivity index (χ1v) is 6.73. The molecule has 0 atom stereocenters. The van der Waals surface area contributed by atoms with Gasteiger partial charge >= 0.3 is 0 Å². The van der Waals surface area contributed by atoms with Crippen LogP contribution in [-0.2, 0) is 0 Å². The number of hydrogen-bond donors (Lipinski definition) is 1. The number of halogens is 2. The van der Waals surface area contributed by atoms with Crippen molar-refractivity contribution in [1.82, 2.24) is 15.0 Å². The Hall–Kier alpha value is -2.31. The molecule has 0 saturated heterocycles. The Balaban J connectivity index is 2.58. The van der Waals surface area contributed by atoms with E-state index in [1.54, 1.807) is 7.05 Å². The largest absolute Gasteiger partial charge is 0.357 e. The fourth-order valence-electron chi connectivity index (χ4n) is 1.92. The lowest BCUT2D eigenvalue weighted by molar-refractivity contribution is 0.510. The number of anilines is 2. The summed E-state index contributed by atoms with van der Waals surface area (Å²) < 4.78 is 27.3. The molecule has 5 nitrogen and oxygen atoms in total. The molecule has 112 valence electrons. The molecule has 1 heterocycles. The minimum atomic E-state index is -0.962. The van der Waals surface area contributed by atoms with Crippen molar-refractivity contribution in [2.75, 3.05) is 30.4 Å². The number of nitrogens with one attached hydrogen (secondary N) is 1. The van der Waals surface area contributed by atoms with Crippen molar-refractivity contribution in [1.29, 1.82) is 0 Å². The zero-order valence-electron chi connectivity index (χ0n) is 12.2. The molecular weight excluding hydrogens is 276 g/mol. The predicted octanol–water partition coefficient (Wildman–Crippen LogP) is 2.70. The quantitative estimate of drug-likeness (QED) is 0.918. The third-order valence-corrected chi connectivity index (χ3v) is 3.09. The second kappa shape index (κ2) is 6.43. The van der Waals surface area contributed by atoms with Crippen LogP contribution in [0.15, 0.2) is 18.2 Å². The number of aromatic nitrogens is 3. The van der Waals surface area contributed by atoms with E-state index in [1.807, 2.05) is 18.7 Å². The van der Waals surface area contributed by atoms with Crippen LogP contribution < -0.4 is 10.2 Å². The summed E-state index contributed by atoms with van der Waals surface area (Å²) in [5, 5.41) is 2.81. The Labute approximate surface area is 122 Å². The van der Waals surface area contributed by atoms with Gasteiger partial charge in [0.05, 0.1) is 5.56 Å². The van der Waals surface area contributed by atoms with E-state index in [1.165, 1.54) is 12.1 Å². The Morgan fingerprint density at radius 2 is 1.81 bits per heavy atom. The zero-order valence-corrected chi connectivity index (χ0v) is 12.2. The number of benzene rings is 1. The molecule has 1 N–H and O–H groups in total. The van der Waals surface area contributed by atoms with Gasteiger partial charge in [0, 0.05) is 20.1 Å². The van der Waals surface area contributed by atoms with Crippen LogP contribution in [0.1, 0.15) is 13.8 Å². The fourth-order valence-corrected chi connectivity index (χ4v) is 1.92. The number of nitrogens with zero attached hydrogens (tertiary/aromatic N) is 4. The summed E-state index contributed by atoms with van der Waals surface area (Å²) in [6.07, 6.45) is 0.